The number of nitrogens with one attached hydrogen (secondary N) is 3. The Morgan fingerprint density at radius 2 is 1.77 bits per heavy atom. The summed E-state index contributed by atoms with van der Waals surface area (Å²) in [4.78, 5) is 27.1. The van der Waals surface area contributed by atoms with E-state index in [9.17, 15) is 4.79 Å². The zero-order valence-electron chi connectivity index (χ0n) is 21.1. The number of thioether (sulfide) groups is 2. The molecule has 1 amide bonds. The second kappa shape index (κ2) is 13.5. The smallest absolute Gasteiger partial charge is 0.413 e. The molecule has 39 heavy (non-hydrogen) atoms. The standard InChI is InChI=1S/C14H9Cl3N2OS.C12H15N3O2S/c1-21-14-18-9-5-8(16)12(6-10(9)19-14)20-11-4-2-3-7(15)13(11)17;1-3-6-18-8-4-5-9-10(7-8)14-11(13-9)15-12(16)17-2/h2-6H,1H3,(H,18,19);4-5,7H,3,6H2,1-2H3,(H2,13,14,15,16). The fourth-order valence-electron chi connectivity index (χ4n) is 3.35. The molecule has 8 nitrogen and oxygen atoms in total. The van der Waals surface area contributed by atoms with Gasteiger partial charge in [-0.3, -0.25) is 5.32 Å². The number of aromatic nitrogens is 4. The van der Waals surface area contributed by atoms with Crippen LogP contribution in [0, 0.1) is 0 Å². The quantitative estimate of drug-likeness (QED) is 0.155. The maximum absolute atomic E-state index is 11.1. The minimum Gasteiger partial charge on any atom is -0.454 e. The highest BCUT2D eigenvalue weighted by atomic mass is 35.5. The molecule has 0 saturated heterocycles. The molecule has 0 radical (unpaired) electrons. The highest BCUT2D eigenvalue weighted by Gasteiger charge is 2.12. The Morgan fingerprint density at radius 3 is 2.51 bits per heavy atom. The highest BCUT2D eigenvalue weighted by molar-refractivity contribution is 7.99. The fourth-order valence-corrected chi connectivity index (χ4v) is 5.09. The maximum Gasteiger partial charge on any atom is 0.413 e. The lowest BCUT2D eigenvalue weighted by atomic mass is 10.3. The lowest BCUT2D eigenvalue weighted by Gasteiger charge is -2.09. The molecule has 0 fully saturated rings. The molecule has 0 unspecified atom stereocenters. The van der Waals surface area contributed by atoms with Gasteiger partial charge in [0.2, 0.25) is 5.95 Å². The van der Waals surface area contributed by atoms with Crippen LogP contribution in [0.1, 0.15) is 13.3 Å². The van der Waals surface area contributed by atoms with Crippen molar-refractivity contribution in [3.63, 3.8) is 0 Å². The first-order valence-corrected chi connectivity index (χ1v) is 15.0. The summed E-state index contributed by atoms with van der Waals surface area (Å²) in [6.45, 7) is 2.15. The Kier molecular flexibility index (Phi) is 10.1. The van der Waals surface area contributed by atoms with Crippen LogP contribution in [0.15, 0.2) is 58.6 Å². The molecule has 5 aromatic rings. The van der Waals surface area contributed by atoms with Gasteiger partial charge >= 0.3 is 6.09 Å². The molecule has 3 N–H and O–H groups in total. The molecule has 13 heteroatoms. The van der Waals surface area contributed by atoms with Crippen molar-refractivity contribution in [2.24, 2.45) is 0 Å². The number of halogens is 3. The number of fused-ring (bicyclic) bond motifs is 2. The van der Waals surface area contributed by atoms with E-state index in [0.29, 0.717) is 32.5 Å². The predicted molar refractivity (Wildman–Crippen MR) is 163 cm³/mol. The molecule has 0 aliphatic carbocycles. The molecule has 0 saturated carbocycles. The van der Waals surface area contributed by atoms with Crippen LogP contribution in [0.25, 0.3) is 22.1 Å². The largest absolute Gasteiger partial charge is 0.454 e. The van der Waals surface area contributed by atoms with Crippen LogP contribution in [-0.4, -0.2) is 45.1 Å². The number of rotatable bonds is 7. The molecule has 3 aromatic carbocycles. The SMILES string of the molecule is CCCSc1ccc2nc(NC(=O)OC)[nH]c2c1.CSc1nc2cc(Oc3cccc(Cl)c3Cl)c(Cl)cc2[nH]1. The van der Waals surface area contributed by atoms with Gasteiger partial charge < -0.3 is 19.4 Å². The van der Waals surface area contributed by atoms with E-state index in [2.05, 4.69) is 36.9 Å². The van der Waals surface area contributed by atoms with Gasteiger partial charge in [0.1, 0.15) is 16.5 Å². The average Bonchev–Trinajstić information content (AvgIpc) is 3.52. The summed E-state index contributed by atoms with van der Waals surface area (Å²) in [5, 5.41) is 4.57. The number of carbonyl (C=O) groups is 1. The van der Waals surface area contributed by atoms with E-state index in [-0.39, 0.29) is 0 Å². The van der Waals surface area contributed by atoms with Gasteiger partial charge in [-0.25, -0.2) is 14.8 Å². The van der Waals surface area contributed by atoms with Crippen molar-refractivity contribution in [1.82, 2.24) is 19.9 Å². The Morgan fingerprint density at radius 1 is 0.974 bits per heavy atom. The van der Waals surface area contributed by atoms with Gasteiger partial charge in [0.05, 0.1) is 39.2 Å². The molecule has 2 heterocycles. The Balaban J connectivity index is 0.000000183. The molecule has 0 aliphatic rings. The van der Waals surface area contributed by atoms with E-state index in [1.54, 1.807) is 42.1 Å². The van der Waals surface area contributed by atoms with Crippen LogP contribution in [-0.2, 0) is 4.74 Å². The Bertz CT molecular complexity index is 1610. The number of aromatic amines is 2. The number of hydrogen-bond donors (Lipinski definition) is 3. The number of ether oxygens (including phenoxy) is 2. The predicted octanol–water partition coefficient (Wildman–Crippen LogP) is 9.28. The molecule has 0 spiro atoms. The summed E-state index contributed by atoms with van der Waals surface area (Å²) < 4.78 is 10.3. The maximum atomic E-state index is 11.1. The van der Waals surface area contributed by atoms with Crippen molar-refractivity contribution in [3.05, 3.63) is 63.6 Å². The summed E-state index contributed by atoms with van der Waals surface area (Å²) in [5.41, 5.74) is 3.36. The normalized spacial score (nSPS) is 10.8. The van der Waals surface area contributed by atoms with Crippen molar-refractivity contribution in [2.75, 3.05) is 24.4 Å². The van der Waals surface area contributed by atoms with Crippen LogP contribution in [0.4, 0.5) is 10.7 Å². The second-order valence-electron chi connectivity index (χ2n) is 7.93. The lowest BCUT2D eigenvalue weighted by molar-refractivity contribution is 0.186. The molecular weight excluding hydrogens is 601 g/mol. The van der Waals surface area contributed by atoms with Gasteiger partial charge in [-0.05, 0) is 54.8 Å². The molecule has 5 rings (SSSR count). The van der Waals surface area contributed by atoms with Gasteiger partial charge in [-0.15, -0.1) is 11.8 Å². The van der Waals surface area contributed by atoms with Crippen LogP contribution in [0.2, 0.25) is 15.1 Å². The molecule has 204 valence electrons. The Hall–Kier alpha value is -2.76. The van der Waals surface area contributed by atoms with Crippen molar-refractivity contribution in [3.8, 4) is 11.5 Å². The number of nitrogens with zero attached hydrogens (tertiary/aromatic N) is 2. The third-order valence-electron chi connectivity index (χ3n) is 5.18. The first kappa shape index (κ1) is 29.2. The van der Waals surface area contributed by atoms with E-state index >= 15 is 0 Å². The van der Waals surface area contributed by atoms with E-state index in [4.69, 9.17) is 39.5 Å². The van der Waals surface area contributed by atoms with Crippen molar-refractivity contribution < 1.29 is 14.3 Å². The third kappa shape index (κ3) is 7.46. The van der Waals surface area contributed by atoms with Gasteiger partial charge in [0.25, 0.3) is 0 Å². The van der Waals surface area contributed by atoms with Crippen LogP contribution in [0.5, 0.6) is 11.5 Å². The number of imidazole rings is 2. The van der Waals surface area contributed by atoms with Crippen LogP contribution < -0.4 is 10.1 Å². The lowest BCUT2D eigenvalue weighted by Crippen LogP contribution is -2.11. The van der Waals surface area contributed by atoms with E-state index in [0.717, 1.165) is 39.4 Å². The molecule has 0 aliphatic heterocycles. The van der Waals surface area contributed by atoms with E-state index in [1.165, 1.54) is 23.8 Å². The second-order valence-corrected chi connectivity index (χ2v) is 11.1. The van der Waals surface area contributed by atoms with Crippen LogP contribution >= 0.6 is 58.3 Å². The Labute approximate surface area is 248 Å². The molecule has 2 aromatic heterocycles. The molecule has 0 bridgehead atoms. The summed E-state index contributed by atoms with van der Waals surface area (Å²) in [6, 6.07) is 14.7. The molecule has 0 atom stereocenters. The minimum absolute atomic E-state index is 0.349. The number of hydrogen-bond acceptors (Lipinski definition) is 7. The zero-order valence-corrected chi connectivity index (χ0v) is 25.0. The third-order valence-corrected chi connectivity index (χ3v) is 8.05. The first-order valence-electron chi connectivity index (χ1n) is 11.6. The van der Waals surface area contributed by atoms with Gasteiger partial charge in [-0.1, -0.05) is 59.6 Å². The number of H-pyrrole nitrogens is 2. The van der Waals surface area contributed by atoms with Crippen molar-refractivity contribution in [2.45, 2.75) is 23.4 Å². The highest BCUT2D eigenvalue weighted by Crippen LogP contribution is 2.38. The summed E-state index contributed by atoms with van der Waals surface area (Å²) in [7, 11) is 1.32. The zero-order chi connectivity index (χ0) is 27.9. The van der Waals surface area contributed by atoms with Crippen molar-refractivity contribution in [1.29, 1.82) is 0 Å². The number of benzene rings is 3. The van der Waals surface area contributed by atoms with E-state index in [1.807, 2.05) is 24.5 Å². The molecular formula is C26H24Cl3N5O3S2. The van der Waals surface area contributed by atoms with Gasteiger partial charge in [0, 0.05) is 11.0 Å². The first-order chi connectivity index (χ1) is 18.8. The monoisotopic (exact) mass is 623 g/mol. The topological polar surface area (TPSA) is 105 Å². The average molecular weight is 625 g/mol. The van der Waals surface area contributed by atoms with Gasteiger partial charge in [0.15, 0.2) is 5.16 Å². The van der Waals surface area contributed by atoms with Gasteiger partial charge in [-0.2, -0.15) is 0 Å². The van der Waals surface area contributed by atoms with Crippen molar-refractivity contribution >= 4 is 92.4 Å². The number of methoxy groups -OCH3 is 1. The van der Waals surface area contributed by atoms with Crippen LogP contribution in [0.3, 0.4) is 0 Å². The number of anilines is 1. The number of carbonyl (C=O) groups excluding carboxylic acids is 1. The fraction of sp³-hybridized carbons (Fsp3) is 0.192. The summed E-state index contributed by atoms with van der Waals surface area (Å²) >= 11 is 21.7. The summed E-state index contributed by atoms with van der Waals surface area (Å²) in [6.07, 6.45) is 2.55. The number of amides is 1. The minimum atomic E-state index is -0.533. The summed E-state index contributed by atoms with van der Waals surface area (Å²) in [5.74, 6) is 2.42. The van der Waals surface area contributed by atoms with E-state index < -0.39 is 6.09 Å².